The molecule has 1 aromatic carbocycles. The second-order valence-corrected chi connectivity index (χ2v) is 4.36. The van der Waals surface area contributed by atoms with E-state index >= 15 is 0 Å². The number of carbonyl (C=O) groups is 2. The van der Waals surface area contributed by atoms with Crippen LogP contribution in [0, 0.1) is 0 Å². The number of nitrogens with one attached hydrogen (secondary N) is 1. The Bertz CT molecular complexity index is 490. The molecule has 0 heterocycles. The first-order valence-electron chi connectivity index (χ1n) is 5.73. The molecule has 0 aromatic heterocycles. The summed E-state index contributed by atoms with van der Waals surface area (Å²) >= 11 is 0. The first-order chi connectivity index (χ1) is 8.41. The average molecular weight is 247 g/mol. The minimum absolute atomic E-state index is 0.00882. The third-order valence-corrected chi connectivity index (χ3v) is 2.53. The topological polar surface area (TPSA) is 66.4 Å². The van der Waals surface area contributed by atoms with Crippen LogP contribution in [0.15, 0.2) is 35.9 Å². The van der Waals surface area contributed by atoms with E-state index < -0.39 is 11.9 Å². The van der Waals surface area contributed by atoms with Crippen LogP contribution in [0.1, 0.15) is 32.3 Å². The zero-order chi connectivity index (χ0) is 13.7. The van der Waals surface area contributed by atoms with Gasteiger partial charge in [-0.05, 0) is 24.5 Å². The first kappa shape index (κ1) is 14.0. The smallest absolute Gasteiger partial charge is 0.331 e. The standard InChI is InChI=1S/C14H17NO3/c1-9(2)11-6-4-5-7-12(11)15-13(16)8-10(3)14(17)18/h4-9H,1-3H3,(H,15,16)(H,17,18)/b10-8+. The Morgan fingerprint density at radius 3 is 2.44 bits per heavy atom. The summed E-state index contributed by atoms with van der Waals surface area (Å²) < 4.78 is 0. The van der Waals surface area contributed by atoms with E-state index in [1.165, 1.54) is 6.92 Å². The molecule has 4 heteroatoms. The predicted molar refractivity (Wildman–Crippen MR) is 70.6 cm³/mol. The average Bonchev–Trinajstić information content (AvgIpc) is 2.28. The van der Waals surface area contributed by atoms with E-state index in [4.69, 9.17) is 5.11 Å². The van der Waals surface area contributed by atoms with Crippen molar-refractivity contribution >= 4 is 17.6 Å². The van der Waals surface area contributed by atoms with Crippen LogP contribution in [0.5, 0.6) is 0 Å². The van der Waals surface area contributed by atoms with Crippen molar-refractivity contribution in [1.82, 2.24) is 0 Å². The molecule has 0 aliphatic rings. The number of hydrogen-bond acceptors (Lipinski definition) is 2. The summed E-state index contributed by atoms with van der Waals surface area (Å²) in [7, 11) is 0. The molecule has 0 unspecified atom stereocenters. The molecule has 1 aromatic rings. The van der Waals surface area contributed by atoms with Gasteiger partial charge in [0.2, 0.25) is 5.91 Å². The molecule has 1 amide bonds. The van der Waals surface area contributed by atoms with Gasteiger partial charge in [-0.25, -0.2) is 4.79 Å². The lowest BCUT2D eigenvalue weighted by molar-refractivity contribution is -0.132. The molecule has 0 bridgehead atoms. The van der Waals surface area contributed by atoms with Crippen molar-refractivity contribution in [3.63, 3.8) is 0 Å². The number of anilines is 1. The maximum absolute atomic E-state index is 11.7. The fraction of sp³-hybridized carbons (Fsp3) is 0.286. The Balaban J connectivity index is 2.89. The monoisotopic (exact) mass is 247 g/mol. The quantitative estimate of drug-likeness (QED) is 0.804. The van der Waals surface area contributed by atoms with Gasteiger partial charge in [-0.3, -0.25) is 4.79 Å². The van der Waals surface area contributed by atoms with Crippen LogP contribution in [0.3, 0.4) is 0 Å². The summed E-state index contributed by atoms with van der Waals surface area (Å²) in [6.45, 7) is 5.45. The number of aliphatic carboxylic acids is 1. The number of para-hydroxylation sites is 1. The van der Waals surface area contributed by atoms with Crippen molar-refractivity contribution in [1.29, 1.82) is 0 Å². The zero-order valence-corrected chi connectivity index (χ0v) is 10.7. The van der Waals surface area contributed by atoms with Crippen LogP contribution < -0.4 is 5.32 Å². The van der Waals surface area contributed by atoms with Gasteiger partial charge in [-0.15, -0.1) is 0 Å². The molecule has 0 radical (unpaired) electrons. The molecule has 2 N–H and O–H groups in total. The number of carboxylic acid groups (broad SMARTS) is 1. The molecule has 0 fully saturated rings. The van der Waals surface area contributed by atoms with Gasteiger partial charge in [0.15, 0.2) is 0 Å². The summed E-state index contributed by atoms with van der Waals surface area (Å²) in [6, 6.07) is 7.48. The molecule has 0 atom stereocenters. The molecule has 4 nitrogen and oxygen atoms in total. The van der Waals surface area contributed by atoms with Crippen LogP contribution in [0.25, 0.3) is 0 Å². The molecular formula is C14H17NO3. The molecule has 0 aliphatic heterocycles. The van der Waals surface area contributed by atoms with Crippen molar-refractivity contribution in [2.75, 3.05) is 5.32 Å². The van der Waals surface area contributed by atoms with Crippen molar-refractivity contribution < 1.29 is 14.7 Å². The van der Waals surface area contributed by atoms with Gasteiger partial charge in [-0.1, -0.05) is 32.0 Å². The summed E-state index contributed by atoms with van der Waals surface area (Å²) in [5.74, 6) is -1.24. The van der Waals surface area contributed by atoms with Gasteiger partial charge in [0, 0.05) is 17.3 Å². The van der Waals surface area contributed by atoms with Crippen LogP contribution in [0.4, 0.5) is 5.69 Å². The van der Waals surface area contributed by atoms with Crippen molar-refractivity contribution in [2.45, 2.75) is 26.7 Å². The van der Waals surface area contributed by atoms with Crippen molar-refractivity contribution in [3.8, 4) is 0 Å². The van der Waals surface area contributed by atoms with Crippen LogP contribution in [-0.2, 0) is 9.59 Å². The Labute approximate surface area is 106 Å². The van der Waals surface area contributed by atoms with Gasteiger partial charge in [0.1, 0.15) is 0 Å². The molecule has 0 saturated carbocycles. The van der Waals surface area contributed by atoms with Gasteiger partial charge >= 0.3 is 5.97 Å². The molecule has 0 saturated heterocycles. The molecular weight excluding hydrogens is 230 g/mol. The molecule has 1 rings (SSSR count). The third kappa shape index (κ3) is 3.73. The van der Waals surface area contributed by atoms with Crippen LogP contribution in [0.2, 0.25) is 0 Å². The van der Waals surface area contributed by atoms with Gasteiger partial charge in [0.05, 0.1) is 0 Å². The molecule has 0 aliphatic carbocycles. The van der Waals surface area contributed by atoms with Crippen LogP contribution in [-0.4, -0.2) is 17.0 Å². The predicted octanol–water partition coefficient (Wildman–Crippen LogP) is 2.78. The minimum atomic E-state index is -1.10. The lowest BCUT2D eigenvalue weighted by Crippen LogP contribution is -2.12. The highest BCUT2D eigenvalue weighted by Gasteiger charge is 2.09. The first-order valence-corrected chi connectivity index (χ1v) is 5.73. The van der Waals surface area contributed by atoms with E-state index in [9.17, 15) is 9.59 Å². The SMILES string of the molecule is C/C(=C\C(=O)Nc1ccccc1C(C)C)C(=O)O. The summed E-state index contributed by atoms with van der Waals surface area (Å²) in [5, 5.41) is 11.4. The van der Waals surface area contributed by atoms with E-state index in [-0.39, 0.29) is 11.5 Å². The lowest BCUT2D eigenvalue weighted by atomic mass is 10.0. The number of carbonyl (C=O) groups excluding carboxylic acids is 1. The maximum atomic E-state index is 11.7. The van der Waals surface area contributed by atoms with E-state index in [0.29, 0.717) is 5.69 Å². The summed E-state index contributed by atoms with van der Waals surface area (Å²) in [4.78, 5) is 22.3. The highest BCUT2D eigenvalue weighted by molar-refractivity contribution is 6.04. The summed E-state index contributed by atoms with van der Waals surface area (Å²) in [5.41, 5.74) is 1.74. The highest BCUT2D eigenvalue weighted by atomic mass is 16.4. The van der Waals surface area contributed by atoms with Crippen LogP contribution >= 0.6 is 0 Å². The van der Waals surface area contributed by atoms with Gasteiger partial charge in [-0.2, -0.15) is 0 Å². The Hall–Kier alpha value is -2.10. The third-order valence-electron chi connectivity index (χ3n) is 2.53. The van der Waals surface area contributed by atoms with E-state index in [1.807, 2.05) is 32.0 Å². The zero-order valence-electron chi connectivity index (χ0n) is 10.7. The van der Waals surface area contributed by atoms with Crippen molar-refractivity contribution in [3.05, 3.63) is 41.5 Å². The van der Waals surface area contributed by atoms with Gasteiger partial charge in [0.25, 0.3) is 0 Å². The Morgan fingerprint density at radius 2 is 1.89 bits per heavy atom. The number of benzene rings is 1. The molecule has 0 spiro atoms. The second kappa shape index (κ2) is 6.00. The molecule has 96 valence electrons. The van der Waals surface area contributed by atoms with E-state index in [0.717, 1.165) is 11.6 Å². The fourth-order valence-electron chi connectivity index (χ4n) is 1.54. The number of carboxylic acids is 1. The minimum Gasteiger partial charge on any atom is -0.478 e. The van der Waals surface area contributed by atoms with E-state index in [1.54, 1.807) is 6.07 Å². The largest absolute Gasteiger partial charge is 0.478 e. The fourth-order valence-corrected chi connectivity index (χ4v) is 1.54. The van der Waals surface area contributed by atoms with Crippen molar-refractivity contribution in [2.24, 2.45) is 0 Å². The lowest BCUT2D eigenvalue weighted by Gasteiger charge is -2.12. The number of hydrogen-bond donors (Lipinski definition) is 2. The normalized spacial score (nSPS) is 11.4. The maximum Gasteiger partial charge on any atom is 0.331 e. The number of rotatable bonds is 4. The molecule has 18 heavy (non-hydrogen) atoms. The highest BCUT2D eigenvalue weighted by Crippen LogP contribution is 2.23. The van der Waals surface area contributed by atoms with Gasteiger partial charge < -0.3 is 10.4 Å². The Morgan fingerprint density at radius 1 is 1.28 bits per heavy atom. The second-order valence-electron chi connectivity index (χ2n) is 4.36. The number of amides is 1. The summed E-state index contributed by atoms with van der Waals surface area (Å²) in [6.07, 6.45) is 1.08. The Kier molecular flexibility index (Phi) is 4.66. The van der Waals surface area contributed by atoms with E-state index in [2.05, 4.69) is 5.32 Å².